The van der Waals surface area contributed by atoms with Crippen molar-refractivity contribution in [2.75, 3.05) is 32.7 Å². The summed E-state index contributed by atoms with van der Waals surface area (Å²) in [6.45, 7) is 7.03. The first-order valence-electron chi connectivity index (χ1n) is 9.81. The summed E-state index contributed by atoms with van der Waals surface area (Å²) in [6.07, 6.45) is -0.859. The van der Waals surface area contributed by atoms with Crippen LogP contribution in [0.1, 0.15) is 26.3 Å². The second-order valence-electron chi connectivity index (χ2n) is 8.07. The highest BCUT2D eigenvalue weighted by atomic mass is 16.7. The Balaban J connectivity index is 1.96. The number of ether oxygens (including phenoxy) is 4. The lowest BCUT2D eigenvalue weighted by Crippen LogP contribution is -2.21. The zero-order valence-electron chi connectivity index (χ0n) is 18.1. The summed E-state index contributed by atoms with van der Waals surface area (Å²) in [5.41, 5.74) is 7.50. The number of nitrogens with two attached hydrogens (primary N) is 1. The second kappa shape index (κ2) is 9.61. The highest BCUT2D eigenvalue weighted by molar-refractivity contribution is 5.83. The number of carbonyl (C=O) groups excluding carboxylic acids is 1. The van der Waals surface area contributed by atoms with Crippen LogP contribution >= 0.6 is 0 Å². The van der Waals surface area contributed by atoms with E-state index in [0.717, 1.165) is 5.56 Å². The zero-order chi connectivity index (χ0) is 22.4. The first-order chi connectivity index (χ1) is 14.8. The highest BCUT2D eigenvalue weighted by Crippen LogP contribution is 2.27. The smallest absolute Gasteiger partial charge is 0.461 e. The van der Waals surface area contributed by atoms with E-state index in [-0.39, 0.29) is 36.5 Å². The van der Waals surface area contributed by atoms with Crippen molar-refractivity contribution in [2.24, 2.45) is 5.41 Å². The van der Waals surface area contributed by atoms with E-state index in [0.29, 0.717) is 24.3 Å². The molecule has 0 saturated heterocycles. The van der Waals surface area contributed by atoms with Gasteiger partial charge in [-0.1, -0.05) is 51.1 Å². The lowest BCUT2D eigenvalue weighted by Gasteiger charge is -2.17. The predicted molar refractivity (Wildman–Crippen MR) is 114 cm³/mol. The van der Waals surface area contributed by atoms with Crippen LogP contribution in [-0.4, -0.2) is 52.6 Å². The molecule has 0 atom stereocenters. The molecule has 0 saturated carbocycles. The molecule has 31 heavy (non-hydrogen) atoms. The Hall–Kier alpha value is -3.40. The number of carbonyl (C=O) groups is 1. The van der Waals surface area contributed by atoms with Gasteiger partial charge in [-0.15, -0.1) is 0 Å². The van der Waals surface area contributed by atoms with E-state index in [1.807, 2.05) is 51.1 Å². The number of methoxy groups -OCH3 is 1. The molecule has 0 fully saturated rings. The van der Waals surface area contributed by atoms with Gasteiger partial charge in [0.25, 0.3) is 0 Å². The molecule has 0 radical (unpaired) electrons. The molecular weight excluding hydrogens is 402 g/mol. The third kappa shape index (κ3) is 6.05. The molecule has 2 heterocycles. The van der Waals surface area contributed by atoms with Gasteiger partial charge in [-0.2, -0.15) is 15.0 Å². The fourth-order valence-corrected chi connectivity index (χ4v) is 2.63. The monoisotopic (exact) mass is 429 g/mol. The van der Waals surface area contributed by atoms with Crippen molar-refractivity contribution in [3.63, 3.8) is 0 Å². The van der Waals surface area contributed by atoms with Crippen LogP contribution in [0.15, 0.2) is 30.3 Å². The van der Waals surface area contributed by atoms with Crippen molar-refractivity contribution in [3.05, 3.63) is 35.9 Å². The average Bonchev–Trinajstić information content (AvgIpc) is 3.05. The topological polar surface area (TPSA) is 124 Å². The molecule has 10 heteroatoms. The molecule has 166 valence electrons. The minimum Gasteiger partial charge on any atom is -0.461 e. The Morgan fingerprint density at radius 3 is 2.52 bits per heavy atom. The van der Waals surface area contributed by atoms with Crippen LogP contribution in [0.2, 0.25) is 0 Å². The van der Waals surface area contributed by atoms with E-state index in [4.69, 9.17) is 24.7 Å². The number of hydrogen-bond donors (Lipinski definition) is 1. The van der Waals surface area contributed by atoms with Gasteiger partial charge < -0.3 is 24.7 Å². The summed E-state index contributed by atoms with van der Waals surface area (Å²) in [7, 11) is 1.57. The van der Waals surface area contributed by atoms with Gasteiger partial charge in [0.15, 0.2) is 17.0 Å². The van der Waals surface area contributed by atoms with Crippen LogP contribution < -0.4 is 15.2 Å². The van der Waals surface area contributed by atoms with Gasteiger partial charge >= 0.3 is 18.2 Å². The third-order valence-corrected chi connectivity index (χ3v) is 4.07. The molecule has 3 rings (SSSR count). The second-order valence-corrected chi connectivity index (χ2v) is 8.07. The molecule has 2 aromatic heterocycles. The average molecular weight is 429 g/mol. The van der Waals surface area contributed by atoms with Gasteiger partial charge in [0, 0.05) is 7.11 Å². The Morgan fingerprint density at radius 1 is 1.10 bits per heavy atom. The summed E-state index contributed by atoms with van der Waals surface area (Å²) in [5, 5.41) is 0. The quantitative estimate of drug-likeness (QED) is 0.425. The van der Waals surface area contributed by atoms with Gasteiger partial charge in [0.2, 0.25) is 0 Å². The lowest BCUT2D eigenvalue weighted by molar-refractivity contribution is 0.0651. The summed E-state index contributed by atoms with van der Waals surface area (Å²) in [5.74, 6) is 0.108. The molecule has 10 nitrogen and oxygen atoms in total. The van der Waals surface area contributed by atoms with E-state index in [9.17, 15) is 4.79 Å². The molecule has 0 aliphatic carbocycles. The summed E-state index contributed by atoms with van der Waals surface area (Å²) in [6, 6.07) is 9.71. The maximum absolute atomic E-state index is 12.3. The van der Waals surface area contributed by atoms with Crippen LogP contribution in [-0.2, 0) is 16.0 Å². The molecule has 0 spiro atoms. The van der Waals surface area contributed by atoms with Gasteiger partial charge in [0.05, 0.1) is 19.8 Å². The molecule has 0 unspecified atom stereocenters. The fourth-order valence-electron chi connectivity index (χ4n) is 2.63. The molecular formula is C21H27N5O5. The minimum absolute atomic E-state index is 0.00723. The third-order valence-electron chi connectivity index (χ3n) is 4.07. The Kier molecular flexibility index (Phi) is 6.91. The fraction of sp³-hybridized carbons (Fsp3) is 0.429. The largest absolute Gasteiger partial charge is 0.516 e. The van der Waals surface area contributed by atoms with Crippen LogP contribution in [0.25, 0.3) is 11.2 Å². The van der Waals surface area contributed by atoms with Crippen molar-refractivity contribution in [1.82, 2.24) is 19.5 Å². The lowest BCUT2D eigenvalue weighted by atomic mass is 9.99. The zero-order valence-corrected chi connectivity index (χ0v) is 18.1. The van der Waals surface area contributed by atoms with Crippen molar-refractivity contribution >= 4 is 23.1 Å². The molecule has 0 aliphatic heterocycles. The standard InChI is InChI=1S/C21H27N5O5/c1-21(2,3)13-30-20(27)31-19-23-15-16(22)24-18(29-11-10-28-4)25-17(15)26(19)12-14-8-6-5-7-9-14/h5-9H,10-13H2,1-4H3,(H2,22,24,25). The summed E-state index contributed by atoms with van der Waals surface area (Å²) in [4.78, 5) is 25.1. The normalized spacial score (nSPS) is 11.5. The molecule has 1 aromatic carbocycles. The van der Waals surface area contributed by atoms with Crippen LogP contribution in [0.3, 0.4) is 0 Å². The van der Waals surface area contributed by atoms with E-state index in [1.165, 1.54) is 0 Å². The van der Waals surface area contributed by atoms with Crippen LogP contribution in [0, 0.1) is 5.41 Å². The molecule has 0 aliphatic rings. The number of aromatic nitrogens is 4. The number of hydrogen-bond acceptors (Lipinski definition) is 9. The Bertz CT molecular complexity index is 1030. The summed E-state index contributed by atoms with van der Waals surface area (Å²) < 4.78 is 22.7. The molecule has 2 N–H and O–H groups in total. The predicted octanol–water partition coefficient (Wildman–Crippen LogP) is 3.04. The first-order valence-corrected chi connectivity index (χ1v) is 9.81. The number of anilines is 1. The van der Waals surface area contributed by atoms with Gasteiger partial charge in [-0.05, 0) is 11.0 Å². The van der Waals surface area contributed by atoms with Crippen molar-refractivity contribution in [2.45, 2.75) is 27.3 Å². The number of fused-ring (bicyclic) bond motifs is 1. The maximum atomic E-state index is 12.3. The van der Waals surface area contributed by atoms with E-state index in [1.54, 1.807) is 11.7 Å². The number of nitrogen functional groups attached to an aromatic ring is 1. The highest BCUT2D eigenvalue weighted by Gasteiger charge is 2.22. The van der Waals surface area contributed by atoms with Crippen molar-refractivity contribution in [1.29, 1.82) is 0 Å². The van der Waals surface area contributed by atoms with E-state index < -0.39 is 6.16 Å². The number of rotatable bonds is 8. The SMILES string of the molecule is COCCOc1nc(N)c2nc(OC(=O)OCC(C)(C)C)n(Cc3ccccc3)c2n1. The molecule has 3 aromatic rings. The first kappa shape index (κ1) is 22.3. The Labute approximate surface area is 180 Å². The molecule has 0 amide bonds. The van der Waals surface area contributed by atoms with Crippen molar-refractivity contribution < 1.29 is 23.7 Å². The van der Waals surface area contributed by atoms with Gasteiger partial charge in [0.1, 0.15) is 6.61 Å². The van der Waals surface area contributed by atoms with Gasteiger partial charge in [-0.25, -0.2) is 4.79 Å². The minimum atomic E-state index is -0.859. The van der Waals surface area contributed by atoms with E-state index in [2.05, 4.69) is 15.0 Å². The van der Waals surface area contributed by atoms with Crippen LogP contribution in [0.4, 0.5) is 10.6 Å². The van der Waals surface area contributed by atoms with Crippen LogP contribution in [0.5, 0.6) is 12.0 Å². The molecule has 0 bridgehead atoms. The summed E-state index contributed by atoms with van der Waals surface area (Å²) >= 11 is 0. The maximum Gasteiger partial charge on any atom is 0.516 e. The number of benzene rings is 1. The number of nitrogens with zero attached hydrogens (tertiary/aromatic N) is 4. The number of imidazole rings is 1. The van der Waals surface area contributed by atoms with E-state index >= 15 is 0 Å². The Morgan fingerprint density at radius 2 is 1.84 bits per heavy atom. The van der Waals surface area contributed by atoms with Crippen molar-refractivity contribution in [3.8, 4) is 12.0 Å². The van der Waals surface area contributed by atoms with Gasteiger partial charge in [-0.3, -0.25) is 4.57 Å².